The first-order valence-electron chi connectivity index (χ1n) is 6.35. The van der Waals surface area contributed by atoms with E-state index in [1.165, 1.54) is 16.5 Å². The van der Waals surface area contributed by atoms with Gasteiger partial charge in [-0.2, -0.15) is 0 Å². The number of unbranched alkanes of at least 4 members (excludes halogenated alkanes) is 1. The molecule has 0 aliphatic rings. The van der Waals surface area contributed by atoms with Gasteiger partial charge in [-0.15, -0.1) is 11.8 Å². The van der Waals surface area contributed by atoms with E-state index in [2.05, 4.69) is 37.2 Å². The van der Waals surface area contributed by atoms with Crippen molar-refractivity contribution in [3.8, 4) is 5.75 Å². The molecule has 4 heteroatoms. The van der Waals surface area contributed by atoms with Gasteiger partial charge in [0.2, 0.25) is 5.91 Å². The van der Waals surface area contributed by atoms with E-state index in [1.54, 1.807) is 11.8 Å². The lowest BCUT2D eigenvalue weighted by molar-refractivity contribution is -0.116. The number of thioether (sulfide) groups is 1. The number of amides is 1. The minimum atomic E-state index is -0.121. The molecule has 1 rings (SSSR count). The summed E-state index contributed by atoms with van der Waals surface area (Å²) in [6.07, 6.45) is 5.18. The van der Waals surface area contributed by atoms with Crippen LogP contribution in [-0.4, -0.2) is 25.3 Å². The van der Waals surface area contributed by atoms with E-state index in [0.717, 1.165) is 18.6 Å². The molecule has 1 N–H and O–H groups in total. The summed E-state index contributed by atoms with van der Waals surface area (Å²) in [5, 5.41) is 2.74. The highest BCUT2D eigenvalue weighted by molar-refractivity contribution is 7.98. The van der Waals surface area contributed by atoms with Crippen molar-refractivity contribution < 1.29 is 9.53 Å². The normalized spacial score (nSPS) is 10.0. The summed E-state index contributed by atoms with van der Waals surface area (Å²) >= 11 is 1.74. The van der Waals surface area contributed by atoms with Gasteiger partial charge >= 0.3 is 0 Å². The summed E-state index contributed by atoms with van der Waals surface area (Å²) in [6, 6.07) is 6.14. The van der Waals surface area contributed by atoms with Crippen LogP contribution in [0.4, 0.5) is 0 Å². The molecule has 0 saturated carbocycles. The fourth-order valence-corrected chi connectivity index (χ4v) is 2.23. The molecule has 104 valence electrons. The van der Waals surface area contributed by atoms with E-state index in [4.69, 9.17) is 4.74 Å². The topological polar surface area (TPSA) is 38.3 Å². The van der Waals surface area contributed by atoms with Gasteiger partial charge in [0.15, 0.2) is 0 Å². The lowest BCUT2D eigenvalue weighted by Gasteiger charge is -2.09. The monoisotopic (exact) mass is 279 g/mol. The Kier molecular flexibility index (Phi) is 7.11. The zero-order chi connectivity index (χ0) is 14.1. The molecule has 0 fully saturated rings. The second kappa shape index (κ2) is 8.64. The quantitative estimate of drug-likeness (QED) is 0.451. The van der Waals surface area contributed by atoms with Gasteiger partial charge in [-0.1, -0.05) is 6.58 Å². The van der Waals surface area contributed by atoms with Gasteiger partial charge in [0.25, 0.3) is 0 Å². The molecule has 0 spiro atoms. The lowest BCUT2D eigenvalue weighted by Crippen LogP contribution is -2.22. The predicted octanol–water partition coefficient (Wildman–Crippen LogP) is 3.18. The molecule has 0 atom stereocenters. The van der Waals surface area contributed by atoms with Crippen molar-refractivity contribution in [2.45, 2.75) is 24.7 Å². The number of aryl methyl sites for hydroxylation is 1. The molecule has 0 heterocycles. The first-order chi connectivity index (χ1) is 9.17. The molecule has 0 aromatic heterocycles. The van der Waals surface area contributed by atoms with Gasteiger partial charge < -0.3 is 10.1 Å². The number of rotatable bonds is 8. The van der Waals surface area contributed by atoms with Crippen LogP contribution in [0.25, 0.3) is 0 Å². The Labute approximate surface area is 119 Å². The number of benzene rings is 1. The Balaban J connectivity index is 2.21. The molecule has 3 nitrogen and oxygen atoms in total. The Hall–Kier alpha value is -1.42. The highest BCUT2D eigenvalue weighted by Gasteiger charge is 2.00. The Morgan fingerprint density at radius 2 is 2.26 bits per heavy atom. The number of hydrogen-bond acceptors (Lipinski definition) is 3. The zero-order valence-electron chi connectivity index (χ0n) is 11.6. The van der Waals surface area contributed by atoms with Crippen molar-refractivity contribution >= 4 is 17.7 Å². The summed E-state index contributed by atoms with van der Waals surface area (Å²) in [5.41, 5.74) is 1.24. The third kappa shape index (κ3) is 5.83. The smallest absolute Gasteiger partial charge is 0.243 e. The van der Waals surface area contributed by atoms with E-state index in [0.29, 0.717) is 13.2 Å². The Morgan fingerprint density at radius 3 is 2.89 bits per heavy atom. The van der Waals surface area contributed by atoms with Crippen molar-refractivity contribution in [3.05, 3.63) is 36.4 Å². The second-order valence-electron chi connectivity index (χ2n) is 4.18. The molecular formula is C15H21NO2S. The van der Waals surface area contributed by atoms with E-state index >= 15 is 0 Å². The van der Waals surface area contributed by atoms with E-state index < -0.39 is 0 Å². The van der Waals surface area contributed by atoms with Crippen molar-refractivity contribution in [2.24, 2.45) is 0 Å². The van der Waals surface area contributed by atoms with Crippen LogP contribution < -0.4 is 10.1 Å². The fourth-order valence-electron chi connectivity index (χ4n) is 1.64. The Morgan fingerprint density at radius 1 is 1.47 bits per heavy atom. The summed E-state index contributed by atoms with van der Waals surface area (Å²) in [7, 11) is 0. The number of hydrogen-bond donors (Lipinski definition) is 1. The summed E-state index contributed by atoms with van der Waals surface area (Å²) in [4.78, 5) is 12.2. The SMILES string of the molecule is C=CC(=O)NCCCCOc1ccc(SC)c(C)c1. The first kappa shape index (κ1) is 15.6. The highest BCUT2D eigenvalue weighted by Crippen LogP contribution is 2.24. The molecule has 1 aromatic carbocycles. The van der Waals surface area contributed by atoms with E-state index in [1.807, 2.05) is 6.07 Å². The molecule has 0 unspecified atom stereocenters. The van der Waals surface area contributed by atoms with Crippen LogP contribution in [0.2, 0.25) is 0 Å². The maximum atomic E-state index is 10.9. The van der Waals surface area contributed by atoms with Crippen molar-refractivity contribution in [1.29, 1.82) is 0 Å². The van der Waals surface area contributed by atoms with Crippen LogP contribution in [0.1, 0.15) is 18.4 Å². The van der Waals surface area contributed by atoms with Crippen LogP contribution in [-0.2, 0) is 4.79 Å². The molecule has 1 amide bonds. The molecule has 19 heavy (non-hydrogen) atoms. The number of nitrogens with one attached hydrogen (secondary N) is 1. The van der Waals surface area contributed by atoms with Gasteiger partial charge in [-0.25, -0.2) is 0 Å². The van der Waals surface area contributed by atoms with Crippen LogP contribution in [0.15, 0.2) is 35.7 Å². The third-order valence-electron chi connectivity index (χ3n) is 2.69. The maximum absolute atomic E-state index is 10.9. The minimum absolute atomic E-state index is 0.121. The van der Waals surface area contributed by atoms with Gasteiger partial charge in [-0.05, 0) is 55.9 Å². The van der Waals surface area contributed by atoms with E-state index in [9.17, 15) is 4.79 Å². The van der Waals surface area contributed by atoms with Crippen LogP contribution in [0.3, 0.4) is 0 Å². The van der Waals surface area contributed by atoms with Gasteiger partial charge in [0, 0.05) is 11.4 Å². The molecule has 0 aliphatic carbocycles. The zero-order valence-corrected chi connectivity index (χ0v) is 12.4. The Bertz CT molecular complexity index is 432. The number of carbonyl (C=O) groups is 1. The number of carbonyl (C=O) groups excluding carboxylic acids is 1. The van der Waals surface area contributed by atoms with Gasteiger partial charge in [0.05, 0.1) is 6.61 Å². The average Bonchev–Trinajstić information content (AvgIpc) is 2.42. The average molecular weight is 279 g/mol. The summed E-state index contributed by atoms with van der Waals surface area (Å²) in [6.45, 7) is 6.82. The fraction of sp³-hybridized carbons (Fsp3) is 0.400. The van der Waals surface area contributed by atoms with E-state index in [-0.39, 0.29) is 5.91 Å². The molecule has 0 bridgehead atoms. The standard InChI is InChI=1S/C15H21NO2S/c1-4-15(17)16-9-5-6-10-18-13-7-8-14(19-3)12(2)11-13/h4,7-8,11H,1,5-6,9-10H2,2-3H3,(H,16,17). The lowest BCUT2D eigenvalue weighted by atomic mass is 10.2. The van der Waals surface area contributed by atoms with Crippen LogP contribution >= 0.6 is 11.8 Å². The minimum Gasteiger partial charge on any atom is -0.494 e. The summed E-state index contributed by atoms with van der Waals surface area (Å²) in [5.74, 6) is 0.787. The van der Waals surface area contributed by atoms with Crippen LogP contribution in [0, 0.1) is 6.92 Å². The van der Waals surface area contributed by atoms with Crippen molar-refractivity contribution in [3.63, 3.8) is 0 Å². The van der Waals surface area contributed by atoms with Crippen LogP contribution in [0.5, 0.6) is 5.75 Å². The highest BCUT2D eigenvalue weighted by atomic mass is 32.2. The molecule has 0 aliphatic heterocycles. The summed E-state index contributed by atoms with van der Waals surface area (Å²) < 4.78 is 5.68. The molecule has 0 saturated heterocycles. The second-order valence-corrected chi connectivity index (χ2v) is 5.03. The third-order valence-corrected chi connectivity index (χ3v) is 3.59. The maximum Gasteiger partial charge on any atom is 0.243 e. The molecule has 0 radical (unpaired) electrons. The van der Waals surface area contributed by atoms with Gasteiger partial charge in [-0.3, -0.25) is 4.79 Å². The van der Waals surface area contributed by atoms with Crippen molar-refractivity contribution in [1.82, 2.24) is 5.32 Å². The van der Waals surface area contributed by atoms with Crippen molar-refractivity contribution in [2.75, 3.05) is 19.4 Å². The molecular weight excluding hydrogens is 258 g/mol. The number of ether oxygens (including phenoxy) is 1. The first-order valence-corrected chi connectivity index (χ1v) is 7.57. The largest absolute Gasteiger partial charge is 0.494 e. The van der Waals surface area contributed by atoms with Gasteiger partial charge in [0.1, 0.15) is 5.75 Å². The molecule has 1 aromatic rings. The predicted molar refractivity (Wildman–Crippen MR) is 80.9 cm³/mol.